The maximum Gasteiger partial charge on any atom is 0.274 e. The molecule has 0 fully saturated rings. The summed E-state index contributed by atoms with van der Waals surface area (Å²) in [7, 11) is 4.01. The average Bonchev–Trinajstić information content (AvgIpc) is 2.94. The Kier molecular flexibility index (Phi) is 9.49. The highest BCUT2D eigenvalue weighted by Gasteiger charge is 2.04. The minimum Gasteiger partial charge on any atom is -0.464 e. The average molecular weight is 352 g/mol. The summed E-state index contributed by atoms with van der Waals surface area (Å²) in [5, 5.41) is 16.3. The first-order chi connectivity index (χ1) is 11.5. The van der Waals surface area contributed by atoms with Crippen LogP contribution in [0.4, 0.5) is 0 Å². The lowest BCUT2D eigenvalue weighted by atomic mass is 10.4. The second-order valence-electron chi connectivity index (χ2n) is 5.32. The second kappa shape index (κ2) is 11.4. The lowest BCUT2D eigenvalue weighted by Crippen LogP contribution is -2.28. The third-order valence-corrected chi connectivity index (χ3v) is 3.90. The molecule has 0 unspecified atom stereocenters. The van der Waals surface area contributed by atoms with E-state index in [0.717, 1.165) is 42.2 Å². The molecule has 1 heterocycles. The van der Waals surface area contributed by atoms with Crippen molar-refractivity contribution < 1.29 is 9.34 Å². The van der Waals surface area contributed by atoms with Crippen LogP contribution in [0.2, 0.25) is 0 Å². The van der Waals surface area contributed by atoms with Gasteiger partial charge in [-0.2, -0.15) is 11.8 Å². The van der Waals surface area contributed by atoms with E-state index in [9.17, 15) is 10.1 Å². The lowest BCUT2D eigenvalue weighted by Gasteiger charge is -2.09. The van der Waals surface area contributed by atoms with Crippen molar-refractivity contribution in [2.24, 2.45) is 0 Å². The molecule has 7 nitrogen and oxygen atoms in total. The molecule has 1 aromatic rings. The Balaban J connectivity index is 2.20. The highest BCUT2D eigenvalue weighted by molar-refractivity contribution is 7.98. The van der Waals surface area contributed by atoms with Gasteiger partial charge < -0.3 is 20.0 Å². The van der Waals surface area contributed by atoms with Crippen LogP contribution in [0.3, 0.4) is 0 Å². The quantitative estimate of drug-likeness (QED) is 0.257. The summed E-state index contributed by atoms with van der Waals surface area (Å²) < 4.78 is 5.74. The van der Waals surface area contributed by atoms with Crippen LogP contribution in [-0.2, 0) is 12.3 Å². The van der Waals surface area contributed by atoms with E-state index in [-0.39, 0.29) is 6.54 Å². The van der Waals surface area contributed by atoms with Crippen molar-refractivity contribution >= 4 is 11.8 Å². The normalized spacial score (nSPS) is 11.3. The van der Waals surface area contributed by atoms with E-state index in [1.807, 2.05) is 26.2 Å². The number of furan rings is 1. The van der Waals surface area contributed by atoms with Gasteiger partial charge in [-0.25, -0.2) is 0 Å². The fourth-order valence-corrected chi connectivity index (χ4v) is 2.72. The van der Waals surface area contributed by atoms with Gasteiger partial charge in [0.2, 0.25) is 0 Å². The van der Waals surface area contributed by atoms with Crippen LogP contribution in [0, 0.1) is 22.5 Å². The molecule has 0 aliphatic carbocycles. The first-order valence-electron chi connectivity index (χ1n) is 7.58. The van der Waals surface area contributed by atoms with Gasteiger partial charge in [-0.1, -0.05) is 5.92 Å². The van der Waals surface area contributed by atoms with Gasteiger partial charge in [-0.3, -0.25) is 10.1 Å². The zero-order valence-corrected chi connectivity index (χ0v) is 14.9. The van der Waals surface area contributed by atoms with Crippen LogP contribution < -0.4 is 10.6 Å². The molecule has 8 heteroatoms. The highest BCUT2D eigenvalue weighted by atomic mass is 32.2. The van der Waals surface area contributed by atoms with Crippen molar-refractivity contribution in [3.8, 4) is 12.3 Å². The summed E-state index contributed by atoms with van der Waals surface area (Å²) in [5.41, 5.74) is 0. The molecule has 0 bridgehead atoms. The Bertz CT molecular complexity index is 578. The second-order valence-corrected chi connectivity index (χ2v) is 6.43. The lowest BCUT2D eigenvalue weighted by molar-refractivity contribution is -0.404. The first kappa shape index (κ1) is 19.9. The SMILES string of the molecule is C#CCNC(=C[N+](=O)[O-])NCCCSCc1ccc(CN(C)C)o1. The Morgan fingerprint density at radius 1 is 1.46 bits per heavy atom. The van der Waals surface area contributed by atoms with Gasteiger partial charge in [0, 0.05) is 6.54 Å². The summed E-state index contributed by atoms with van der Waals surface area (Å²) in [6.45, 7) is 1.67. The van der Waals surface area contributed by atoms with E-state index >= 15 is 0 Å². The fourth-order valence-electron chi connectivity index (χ4n) is 1.87. The molecule has 1 rings (SSSR count). The van der Waals surface area contributed by atoms with Crippen molar-refractivity contribution in [3.05, 3.63) is 45.8 Å². The smallest absolute Gasteiger partial charge is 0.274 e. The molecule has 2 N–H and O–H groups in total. The third-order valence-electron chi connectivity index (χ3n) is 2.83. The molecule has 1 aromatic heterocycles. The van der Waals surface area contributed by atoms with Crippen molar-refractivity contribution in [3.63, 3.8) is 0 Å². The van der Waals surface area contributed by atoms with E-state index in [0.29, 0.717) is 12.4 Å². The number of nitrogens with zero attached hydrogens (tertiary/aromatic N) is 2. The number of nitrogens with one attached hydrogen (secondary N) is 2. The molecule has 0 saturated carbocycles. The minimum absolute atomic E-state index is 0.245. The van der Waals surface area contributed by atoms with Crippen molar-refractivity contribution in [2.75, 3.05) is 32.9 Å². The molecule has 0 amide bonds. The Morgan fingerprint density at radius 3 is 2.88 bits per heavy atom. The topological polar surface area (TPSA) is 83.6 Å². The summed E-state index contributed by atoms with van der Waals surface area (Å²) in [5.74, 6) is 6.40. The number of thioether (sulfide) groups is 1. The van der Waals surface area contributed by atoms with Gasteiger partial charge in [0.1, 0.15) is 11.5 Å². The molecular weight excluding hydrogens is 328 g/mol. The molecule has 0 aliphatic rings. The van der Waals surface area contributed by atoms with Crippen molar-refractivity contribution in [2.45, 2.75) is 18.7 Å². The van der Waals surface area contributed by atoms with Gasteiger partial charge in [0.05, 0.1) is 23.8 Å². The fraction of sp³-hybridized carbons (Fsp3) is 0.500. The standard InChI is InChI=1S/C16H24N4O3S/c1-4-8-17-16(12-20(21)22)18-9-5-10-24-13-15-7-6-14(23-15)11-19(2)3/h1,6-7,12,17-18H,5,8-11,13H2,2-3H3. The number of hydrogen-bond acceptors (Lipinski definition) is 7. The van der Waals surface area contributed by atoms with E-state index in [1.165, 1.54) is 0 Å². The van der Waals surface area contributed by atoms with Gasteiger partial charge in [-0.05, 0) is 38.4 Å². The van der Waals surface area contributed by atoms with Crippen LogP contribution in [0.15, 0.2) is 28.6 Å². The van der Waals surface area contributed by atoms with Gasteiger partial charge in [-0.15, -0.1) is 6.42 Å². The predicted molar refractivity (Wildman–Crippen MR) is 96.8 cm³/mol. The predicted octanol–water partition coefficient (Wildman–Crippen LogP) is 1.85. The van der Waals surface area contributed by atoms with Crippen LogP contribution in [0.5, 0.6) is 0 Å². The molecule has 0 atom stereocenters. The molecule has 132 valence electrons. The summed E-state index contributed by atoms with van der Waals surface area (Å²) in [4.78, 5) is 12.1. The van der Waals surface area contributed by atoms with Crippen LogP contribution in [0.25, 0.3) is 0 Å². The molecule has 0 aliphatic heterocycles. The maximum atomic E-state index is 10.5. The molecular formula is C16H24N4O3S. The largest absolute Gasteiger partial charge is 0.464 e. The van der Waals surface area contributed by atoms with Gasteiger partial charge in [0.25, 0.3) is 6.20 Å². The van der Waals surface area contributed by atoms with Crippen molar-refractivity contribution in [1.29, 1.82) is 0 Å². The van der Waals surface area contributed by atoms with Gasteiger partial charge >= 0.3 is 0 Å². The molecule has 0 radical (unpaired) electrons. The van der Waals surface area contributed by atoms with E-state index in [2.05, 4.69) is 21.5 Å². The monoisotopic (exact) mass is 352 g/mol. The summed E-state index contributed by atoms with van der Waals surface area (Å²) in [6.07, 6.45) is 6.90. The van der Waals surface area contributed by atoms with E-state index in [1.54, 1.807) is 11.8 Å². The Labute approximate surface area is 147 Å². The first-order valence-corrected chi connectivity index (χ1v) is 8.73. The van der Waals surface area contributed by atoms with Crippen LogP contribution in [0.1, 0.15) is 17.9 Å². The zero-order valence-electron chi connectivity index (χ0n) is 14.1. The number of hydrogen-bond donors (Lipinski definition) is 2. The molecule has 0 saturated heterocycles. The molecule has 0 aromatic carbocycles. The van der Waals surface area contributed by atoms with Gasteiger partial charge in [0.15, 0.2) is 5.82 Å². The Morgan fingerprint density at radius 2 is 2.21 bits per heavy atom. The number of nitro groups is 1. The maximum absolute atomic E-state index is 10.5. The molecule has 0 spiro atoms. The Hall–Kier alpha value is -2.11. The van der Waals surface area contributed by atoms with Crippen molar-refractivity contribution in [1.82, 2.24) is 15.5 Å². The summed E-state index contributed by atoms with van der Waals surface area (Å²) in [6, 6.07) is 4.01. The van der Waals surface area contributed by atoms with E-state index < -0.39 is 4.92 Å². The number of rotatable bonds is 12. The zero-order chi connectivity index (χ0) is 17.8. The highest BCUT2D eigenvalue weighted by Crippen LogP contribution is 2.16. The minimum atomic E-state index is -0.511. The third kappa shape index (κ3) is 9.12. The summed E-state index contributed by atoms with van der Waals surface area (Å²) >= 11 is 1.77. The number of terminal acetylenes is 1. The van der Waals surface area contributed by atoms with Crippen LogP contribution >= 0.6 is 11.8 Å². The van der Waals surface area contributed by atoms with Crippen LogP contribution in [-0.4, -0.2) is 42.8 Å². The van der Waals surface area contributed by atoms with E-state index in [4.69, 9.17) is 10.8 Å². The molecule has 24 heavy (non-hydrogen) atoms.